The van der Waals surface area contributed by atoms with E-state index in [2.05, 4.69) is 29.4 Å². The predicted molar refractivity (Wildman–Crippen MR) is 83.7 cm³/mol. The highest BCUT2D eigenvalue weighted by atomic mass is 16.2. The standard InChI is InChI=1S/C17H25N3O/c1-19-10-7-14(8-11-19)9-12-20-16(21)13-18-17(20)15-5-3-2-4-6-15/h2-6,14,17-18H,7-13H2,1H3. The van der Waals surface area contributed by atoms with Gasteiger partial charge in [-0.05, 0) is 50.9 Å². The topological polar surface area (TPSA) is 35.6 Å². The summed E-state index contributed by atoms with van der Waals surface area (Å²) in [6.45, 7) is 3.73. The lowest BCUT2D eigenvalue weighted by molar-refractivity contribution is -0.128. The Balaban J connectivity index is 1.59. The second-order valence-electron chi connectivity index (χ2n) is 6.32. The van der Waals surface area contributed by atoms with E-state index >= 15 is 0 Å². The van der Waals surface area contributed by atoms with Gasteiger partial charge in [-0.15, -0.1) is 0 Å². The highest BCUT2D eigenvalue weighted by molar-refractivity contribution is 5.80. The number of amides is 1. The Hall–Kier alpha value is -1.39. The number of hydrogen-bond donors (Lipinski definition) is 1. The first-order valence-corrected chi connectivity index (χ1v) is 8.00. The maximum atomic E-state index is 12.1. The summed E-state index contributed by atoms with van der Waals surface area (Å²) in [6, 6.07) is 10.3. The quantitative estimate of drug-likeness (QED) is 0.918. The average molecular weight is 287 g/mol. The van der Waals surface area contributed by atoms with E-state index in [4.69, 9.17) is 0 Å². The third-order valence-corrected chi connectivity index (χ3v) is 4.81. The van der Waals surface area contributed by atoms with Crippen molar-refractivity contribution in [1.29, 1.82) is 0 Å². The van der Waals surface area contributed by atoms with Crippen LogP contribution in [0.25, 0.3) is 0 Å². The Labute approximate surface area is 127 Å². The molecule has 2 saturated heterocycles. The number of hydrogen-bond acceptors (Lipinski definition) is 3. The molecule has 0 aromatic heterocycles. The van der Waals surface area contributed by atoms with Crippen molar-refractivity contribution in [2.24, 2.45) is 5.92 Å². The largest absolute Gasteiger partial charge is 0.322 e. The highest BCUT2D eigenvalue weighted by Gasteiger charge is 2.31. The van der Waals surface area contributed by atoms with Crippen LogP contribution in [0.1, 0.15) is 31.0 Å². The lowest BCUT2D eigenvalue weighted by Crippen LogP contribution is -2.35. The van der Waals surface area contributed by atoms with Gasteiger partial charge in [-0.1, -0.05) is 30.3 Å². The number of likely N-dealkylation sites (tertiary alicyclic amines) is 1. The minimum Gasteiger partial charge on any atom is -0.322 e. The molecule has 0 bridgehead atoms. The number of rotatable bonds is 4. The van der Waals surface area contributed by atoms with Crippen molar-refractivity contribution in [2.45, 2.75) is 25.4 Å². The van der Waals surface area contributed by atoms with Crippen LogP contribution in [0.3, 0.4) is 0 Å². The maximum Gasteiger partial charge on any atom is 0.238 e. The van der Waals surface area contributed by atoms with Crippen LogP contribution in [0, 0.1) is 5.92 Å². The third-order valence-electron chi connectivity index (χ3n) is 4.81. The smallest absolute Gasteiger partial charge is 0.238 e. The Morgan fingerprint density at radius 1 is 1.19 bits per heavy atom. The van der Waals surface area contributed by atoms with Gasteiger partial charge >= 0.3 is 0 Å². The van der Waals surface area contributed by atoms with E-state index in [1.54, 1.807) is 0 Å². The van der Waals surface area contributed by atoms with Crippen LogP contribution in [0.4, 0.5) is 0 Å². The van der Waals surface area contributed by atoms with Gasteiger partial charge in [0.15, 0.2) is 0 Å². The molecule has 0 saturated carbocycles. The average Bonchev–Trinajstić information content (AvgIpc) is 2.89. The van der Waals surface area contributed by atoms with Crippen LogP contribution < -0.4 is 5.32 Å². The van der Waals surface area contributed by atoms with E-state index in [0.29, 0.717) is 6.54 Å². The first kappa shape index (κ1) is 14.5. The molecule has 1 atom stereocenters. The van der Waals surface area contributed by atoms with Crippen molar-refractivity contribution in [3.8, 4) is 0 Å². The Morgan fingerprint density at radius 2 is 1.90 bits per heavy atom. The fraction of sp³-hybridized carbons (Fsp3) is 0.588. The van der Waals surface area contributed by atoms with Gasteiger partial charge in [0.1, 0.15) is 6.17 Å². The van der Waals surface area contributed by atoms with Crippen LogP contribution in [-0.4, -0.2) is 48.9 Å². The van der Waals surface area contributed by atoms with Crippen molar-refractivity contribution in [3.05, 3.63) is 35.9 Å². The summed E-state index contributed by atoms with van der Waals surface area (Å²) in [6.07, 6.45) is 3.72. The highest BCUT2D eigenvalue weighted by Crippen LogP contribution is 2.25. The fourth-order valence-electron chi connectivity index (χ4n) is 3.40. The van der Waals surface area contributed by atoms with Crippen LogP contribution >= 0.6 is 0 Å². The molecule has 1 aromatic carbocycles. The van der Waals surface area contributed by atoms with Crippen LogP contribution in [0.5, 0.6) is 0 Å². The van der Waals surface area contributed by atoms with Crippen LogP contribution in [0.2, 0.25) is 0 Å². The van der Waals surface area contributed by atoms with E-state index in [1.807, 2.05) is 23.1 Å². The number of piperidine rings is 1. The van der Waals surface area contributed by atoms with Gasteiger partial charge in [0.25, 0.3) is 0 Å². The zero-order chi connectivity index (χ0) is 14.7. The molecule has 2 aliphatic rings. The summed E-state index contributed by atoms with van der Waals surface area (Å²) in [5, 5.41) is 3.34. The summed E-state index contributed by atoms with van der Waals surface area (Å²) in [4.78, 5) is 16.6. The minimum absolute atomic E-state index is 0.0602. The molecule has 1 amide bonds. The van der Waals surface area contributed by atoms with Crippen molar-refractivity contribution >= 4 is 5.91 Å². The van der Waals surface area contributed by atoms with Gasteiger partial charge < -0.3 is 9.80 Å². The molecule has 1 aromatic rings. The zero-order valence-electron chi connectivity index (χ0n) is 12.8. The van der Waals surface area contributed by atoms with Gasteiger partial charge in [-0.2, -0.15) is 0 Å². The first-order chi connectivity index (χ1) is 10.2. The number of nitrogens with one attached hydrogen (secondary N) is 1. The zero-order valence-corrected chi connectivity index (χ0v) is 12.8. The lowest BCUT2D eigenvalue weighted by atomic mass is 9.93. The van der Waals surface area contributed by atoms with Crippen molar-refractivity contribution in [1.82, 2.24) is 15.1 Å². The van der Waals surface area contributed by atoms with Gasteiger partial charge in [0, 0.05) is 6.54 Å². The minimum atomic E-state index is 0.0602. The molecule has 0 spiro atoms. The van der Waals surface area contributed by atoms with Crippen molar-refractivity contribution in [2.75, 3.05) is 33.2 Å². The SMILES string of the molecule is CN1CCC(CCN2C(=O)CNC2c2ccccc2)CC1. The van der Waals surface area contributed by atoms with Crippen LogP contribution in [-0.2, 0) is 4.79 Å². The van der Waals surface area contributed by atoms with E-state index in [9.17, 15) is 4.79 Å². The summed E-state index contributed by atoms with van der Waals surface area (Å²) >= 11 is 0. The Morgan fingerprint density at radius 3 is 2.62 bits per heavy atom. The van der Waals surface area contributed by atoms with E-state index in [0.717, 1.165) is 18.9 Å². The Kier molecular flexibility index (Phi) is 4.56. The lowest BCUT2D eigenvalue weighted by Gasteiger charge is -2.31. The molecule has 1 N–H and O–H groups in total. The molecular weight excluding hydrogens is 262 g/mol. The molecule has 0 aliphatic carbocycles. The van der Waals surface area contributed by atoms with Crippen molar-refractivity contribution in [3.63, 3.8) is 0 Å². The first-order valence-electron chi connectivity index (χ1n) is 8.00. The molecule has 4 heteroatoms. The number of benzene rings is 1. The number of nitrogens with zero attached hydrogens (tertiary/aromatic N) is 2. The number of carbonyl (C=O) groups is 1. The fourth-order valence-corrected chi connectivity index (χ4v) is 3.40. The second-order valence-corrected chi connectivity index (χ2v) is 6.32. The van der Waals surface area contributed by atoms with Crippen molar-refractivity contribution < 1.29 is 4.79 Å². The van der Waals surface area contributed by atoms with Gasteiger partial charge in [0.05, 0.1) is 6.54 Å². The molecule has 1 unspecified atom stereocenters. The van der Waals surface area contributed by atoms with E-state index in [1.165, 1.54) is 31.5 Å². The molecule has 4 nitrogen and oxygen atoms in total. The molecule has 0 radical (unpaired) electrons. The second kappa shape index (κ2) is 6.58. The third kappa shape index (κ3) is 3.44. The molecule has 2 aliphatic heterocycles. The van der Waals surface area contributed by atoms with E-state index in [-0.39, 0.29) is 12.1 Å². The van der Waals surface area contributed by atoms with Gasteiger partial charge in [-0.25, -0.2) is 0 Å². The summed E-state index contributed by atoms with van der Waals surface area (Å²) < 4.78 is 0. The maximum absolute atomic E-state index is 12.1. The summed E-state index contributed by atoms with van der Waals surface area (Å²) in [7, 11) is 2.19. The predicted octanol–water partition coefficient (Wildman–Crippen LogP) is 1.85. The normalized spacial score (nSPS) is 24.7. The van der Waals surface area contributed by atoms with Crippen LogP contribution in [0.15, 0.2) is 30.3 Å². The van der Waals surface area contributed by atoms with Gasteiger partial charge in [0.2, 0.25) is 5.91 Å². The molecule has 3 rings (SSSR count). The molecule has 21 heavy (non-hydrogen) atoms. The summed E-state index contributed by atoms with van der Waals surface area (Å²) in [5.41, 5.74) is 1.19. The monoisotopic (exact) mass is 287 g/mol. The number of carbonyl (C=O) groups excluding carboxylic acids is 1. The molecule has 2 heterocycles. The van der Waals surface area contributed by atoms with Gasteiger partial charge in [-0.3, -0.25) is 10.1 Å². The summed E-state index contributed by atoms with van der Waals surface area (Å²) in [5.74, 6) is 1.00. The molecule has 114 valence electrons. The molecule has 2 fully saturated rings. The van der Waals surface area contributed by atoms with E-state index < -0.39 is 0 Å². The Bertz CT molecular complexity index is 468. The molecular formula is C17H25N3O.